The number of hydrogen-bond acceptors (Lipinski definition) is 5. The van der Waals surface area contributed by atoms with Gasteiger partial charge in [-0.2, -0.15) is 8.42 Å². The molecule has 0 bridgehead atoms. The lowest BCUT2D eigenvalue weighted by atomic mass is 9.94. The van der Waals surface area contributed by atoms with Crippen LogP contribution in [0.3, 0.4) is 0 Å². The fourth-order valence-electron chi connectivity index (χ4n) is 3.47. The number of nitrogens with one attached hydrogen (secondary N) is 1. The van der Waals surface area contributed by atoms with E-state index in [1.54, 1.807) is 24.3 Å². The van der Waals surface area contributed by atoms with E-state index in [1.807, 2.05) is 18.7 Å². The zero-order valence-corrected chi connectivity index (χ0v) is 17.3. The first-order valence-electron chi connectivity index (χ1n) is 9.09. The van der Waals surface area contributed by atoms with E-state index >= 15 is 0 Å². The van der Waals surface area contributed by atoms with Gasteiger partial charge < -0.3 is 16.0 Å². The molecule has 0 spiro atoms. The first-order valence-corrected chi connectivity index (χ1v) is 10.5. The van der Waals surface area contributed by atoms with Crippen LogP contribution in [0.4, 0.5) is 0 Å². The molecule has 1 atom stereocenters. The molecule has 1 fully saturated rings. The molecular weight excluding hydrogens is 388 g/mol. The van der Waals surface area contributed by atoms with E-state index < -0.39 is 21.6 Å². The summed E-state index contributed by atoms with van der Waals surface area (Å²) in [5.74, 6) is 0.256. The number of halogens is 1. The monoisotopic (exact) mass is 414 g/mol. The van der Waals surface area contributed by atoms with E-state index in [0.717, 1.165) is 19.3 Å². The largest absolute Gasteiger partial charge is 0.352 e. The number of carbonyl (C=O) groups excluding carboxylic acids is 1. The number of nitrogens with zero attached hydrogens (tertiary/aromatic N) is 2. The number of amides is 1. The van der Waals surface area contributed by atoms with Crippen LogP contribution in [0.2, 0.25) is 0 Å². The van der Waals surface area contributed by atoms with Crippen LogP contribution in [0.25, 0.3) is 0 Å². The van der Waals surface area contributed by atoms with Crippen molar-refractivity contribution < 1.29 is 13.2 Å². The number of rotatable bonds is 5. The van der Waals surface area contributed by atoms with Gasteiger partial charge in [0.2, 0.25) is 5.91 Å². The Morgan fingerprint density at radius 1 is 1.33 bits per heavy atom. The molecule has 1 aromatic rings. The van der Waals surface area contributed by atoms with Crippen molar-refractivity contribution in [2.45, 2.75) is 56.0 Å². The van der Waals surface area contributed by atoms with Crippen LogP contribution in [0, 0.1) is 0 Å². The molecule has 2 aliphatic heterocycles. The number of carbonyl (C=O) groups is 1. The lowest BCUT2D eigenvalue weighted by molar-refractivity contribution is -0.124. The normalized spacial score (nSPS) is 20.6. The zero-order chi connectivity index (χ0) is 18.9. The first-order chi connectivity index (χ1) is 12.3. The van der Waals surface area contributed by atoms with Crippen molar-refractivity contribution in [2.24, 2.45) is 10.1 Å². The lowest BCUT2D eigenvalue weighted by Gasteiger charge is -2.30. The molecule has 3 rings (SSSR count). The number of hydrogen-bond donors (Lipinski definition) is 2. The van der Waals surface area contributed by atoms with E-state index in [1.165, 1.54) is 0 Å². The van der Waals surface area contributed by atoms with Crippen molar-refractivity contribution in [3.8, 4) is 0 Å². The minimum absolute atomic E-state index is 0. The zero-order valence-electron chi connectivity index (χ0n) is 15.6. The lowest BCUT2D eigenvalue weighted by Crippen LogP contribution is -2.53. The van der Waals surface area contributed by atoms with Gasteiger partial charge in [0.25, 0.3) is 10.0 Å². The summed E-state index contributed by atoms with van der Waals surface area (Å²) in [5, 5.41) is 2.96. The number of fused-ring (bicyclic) bond motifs is 1. The second kappa shape index (κ2) is 8.16. The molecule has 0 aliphatic carbocycles. The van der Waals surface area contributed by atoms with Crippen molar-refractivity contribution in [1.82, 2.24) is 10.2 Å². The number of likely N-dealkylation sites (tertiary alicyclic amines) is 1. The maximum atomic E-state index is 12.8. The minimum Gasteiger partial charge on any atom is -0.352 e. The molecule has 27 heavy (non-hydrogen) atoms. The average molecular weight is 415 g/mol. The predicted molar refractivity (Wildman–Crippen MR) is 108 cm³/mol. The molecule has 7 nitrogen and oxygen atoms in total. The van der Waals surface area contributed by atoms with Gasteiger partial charge in [-0.15, -0.1) is 16.8 Å². The molecular formula is C18H27ClN4O3S. The van der Waals surface area contributed by atoms with Gasteiger partial charge in [0.05, 0.1) is 0 Å². The van der Waals surface area contributed by atoms with E-state index in [4.69, 9.17) is 5.73 Å². The van der Waals surface area contributed by atoms with Gasteiger partial charge in [-0.25, -0.2) is 0 Å². The molecule has 0 saturated carbocycles. The highest BCUT2D eigenvalue weighted by Gasteiger charge is 2.39. The van der Waals surface area contributed by atoms with Crippen LogP contribution in [-0.4, -0.2) is 49.7 Å². The summed E-state index contributed by atoms with van der Waals surface area (Å²) in [6.45, 7) is 5.03. The quantitative estimate of drug-likeness (QED) is 0.762. The second-order valence-electron chi connectivity index (χ2n) is 7.02. The van der Waals surface area contributed by atoms with Crippen LogP contribution < -0.4 is 11.1 Å². The Balaban J connectivity index is 0.00000261. The van der Waals surface area contributed by atoms with Crippen molar-refractivity contribution in [1.29, 1.82) is 0 Å². The standard InChI is InChI=1S/C18H26N4O3S.ClH/c1-3-18(19,4-2)12-20-17(23)14-9-7-11-22(14)16-13-8-5-6-10-15(13)26(24,25)21-16;/h5-6,8,10,14H,3-4,7,9,11-12,19H2,1-2H3,(H,20,23);1H. The summed E-state index contributed by atoms with van der Waals surface area (Å²) in [4.78, 5) is 14.8. The molecule has 2 heterocycles. The molecule has 1 amide bonds. The Labute approximate surface area is 166 Å². The third-order valence-corrected chi connectivity index (χ3v) is 6.79. The van der Waals surface area contributed by atoms with Crippen molar-refractivity contribution in [3.63, 3.8) is 0 Å². The van der Waals surface area contributed by atoms with Crippen molar-refractivity contribution >= 4 is 34.2 Å². The van der Waals surface area contributed by atoms with Gasteiger partial charge in [0.15, 0.2) is 5.84 Å². The molecule has 150 valence electrons. The molecule has 2 aliphatic rings. The maximum Gasteiger partial charge on any atom is 0.285 e. The van der Waals surface area contributed by atoms with E-state index in [0.29, 0.717) is 30.9 Å². The summed E-state index contributed by atoms with van der Waals surface area (Å²) in [6.07, 6.45) is 3.03. The molecule has 9 heteroatoms. The first kappa shape index (κ1) is 21.7. The van der Waals surface area contributed by atoms with Gasteiger partial charge in [-0.1, -0.05) is 26.0 Å². The van der Waals surface area contributed by atoms with Crippen LogP contribution in [-0.2, 0) is 14.8 Å². The van der Waals surface area contributed by atoms with Crippen LogP contribution in [0.1, 0.15) is 45.1 Å². The summed E-state index contributed by atoms with van der Waals surface area (Å²) >= 11 is 0. The summed E-state index contributed by atoms with van der Waals surface area (Å²) in [5.41, 5.74) is 6.42. The highest BCUT2D eigenvalue weighted by Crippen LogP contribution is 2.31. The Morgan fingerprint density at radius 2 is 2.00 bits per heavy atom. The Hall–Kier alpha value is -1.64. The minimum atomic E-state index is -3.69. The summed E-state index contributed by atoms with van der Waals surface area (Å²) < 4.78 is 28.6. The SMILES string of the molecule is CCC(N)(CC)CNC(=O)C1CCCN1C1=NS(=O)(=O)c2ccccc21.Cl. The highest BCUT2D eigenvalue weighted by molar-refractivity contribution is 7.90. The predicted octanol–water partition coefficient (Wildman–Crippen LogP) is 1.66. The van der Waals surface area contributed by atoms with Gasteiger partial charge in [-0.3, -0.25) is 4.79 Å². The van der Waals surface area contributed by atoms with Gasteiger partial charge in [0, 0.05) is 24.2 Å². The molecule has 1 unspecified atom stereocenters. The van der Waals surface area contributed by atoms with Gasteiger partial charge >= 0.3 is 0 Å². The summed E-state index contributed by atoms with van der Waals surface area (Å²) in [6, 6.07) is 6.33. The molecule has 1 saturated heterocycles. The molecule has 3 N–H and O–H groups in total. The fraction of sp³-hybridized carbons (Fsp3) is 0.556. The van der Waals surface area contributed by atoms with Crippen molar-refractivity contribution in [3.05, 3.63) is 29.8 Å². The van der Waals surface area contributed by atoms with E-state index in [2.05, 4.69) is 9.71 Å². The second-order valence-corrected chi connectivity index (χ2v) is 8.60. The van der Waals surface area contributed by atoms with Crippen LogP contribution in [0.15, 0.2) is 33.6 Å². The molecule has 0 radical (unpaired) electrons. The van der Waals surface area contributed by atoms with E-state index in [-0.39, 0.29) is 23.2 Å². The van der Waals surface area contributed by atoms with Gasteiger partial charge in [-0.05, 0) is 37.8 Å². The fourth-order valence-corrected chi connectivity index (χ4v) is 4.69. The van der Waals surface area contributed by atoms with Crippen LogP contribution in [0.5, 0.6) is 0 Å². The van der Waals surface area contributed by atoms with E-state index in [9.17, 15) is 13.2 Å². The Kier molecular flexibility index (Phi) is 6.55. The third kappa shape index (κ3) is 4.12. The van der Waals surface area contributed by atoms with Crippen molar-refractivity contribution in [2.75, 3.05) is 13.1 Å². The number of sulfonamides is 1. The average Bonchev–Trinajstić information content (AvgIpc) is 3.22. The maximum absolute atomic E-state index is 12.8. The number of nitrogens with two attached hydrogens (primary N) is 1. The third-order valence-electron chi connectivity index (χ3n) is 5.46. The smallest absolute Gasteiger partial charge is 0.285 e. The van der Waals surface area contributed by atoms with Crippen LogP contribution >= 0.6 is 12.4 Å². The molecule has 1 aromatic carbocycles. The van der Waals surface area contributed by atoms with Gasteiger partial charge in [0.1, 0.15) is 10.9 Å². The number of amidine groups is 1. The molecule has 0 aromatic heterocycles. The topological polar surface area (TPSA) is 105 Å². The Bertz CT molecular complexity index is 837. The Morgan fingerprint density at radius 3 is 2.67 bits per heavy atom. The highest BCUT2D eigenvalue weighted by atomic mass is 35.5. The summed E-state index contributed by atoms with van der Waals surface area (Å²) in [7, 11) is -3.69. The number of benzene rings is 1.